The lowest BCUT2D eigenvalue weighted by molar-refractivity contribution is -0.0509. The van der Waals surface area contributed by atoms with Crippen LogP contribution in [-0.4, -0.2) is 19.8 Å². The summed E-state index contributed by atoms with van der Waals surface area (Å²) in [4.78, 5) is 0. The van der Waals surface area contributed by atoms with E-state index >= 15 is 0 Å². The molecule has 0 radical (unpaired) electrons. The molecule has 3 rings (SSSR count). The zero-order valence-corrected chi connectivity index (χ0v) is 9.58. The van der Waals surface area contributed by atoms with Crippen molar-refractivity contribution in [2.45, 2.75) is 25.7 Å². The molecule has 0 atom stereocenters. The second kappa shape index (κ2) is 4.46. The Morgan fingerprint density at radius 3 is 2.88 bits per heavy atom. The van der Waals surface area contributed by atoms with Crippen LogP contribution < -0.4 is 4.74 Å². The van der Waals surface area contributed by atoms with E-state index in [0.29, 0.717) is 5.92 Å². The van der Waals surface area contributed by atoms with Gasteiger partial charge in [0, 0.05) is 5.92 Å². The molecule has 0 bridgehead atoms. The van der Waals surface area contributed by atoms with Crippen LogP contribution in [0.5, 0.6) is 5.75 Å². The highest BCUT2D eigenvalue weighted by Crippen LogP contribution is 2.30. The van der Waals surface area contributed by atoms with E-state index in [1.807, 2.05) is 0 Å². The third kappa shape index (κ3) is 1.94. The van der Waals surface area contributed by atoms with E-state index in [0.717, 1.165) is 25.6 Å². The Bertz CT molecular complexity index is 369. The summed E-state index contributed by atoms with van der Waals surface area (Å²) in [6.45, 7) is 2.56. The van der Waals surface area contributed by atoms with Gasteiger partial charge in [-0.1, -0.05) is 12.1 Å². The number of benzene rings is 1. The van der Waals surface area contributed by atoms with Gasteiger partial charge in [-0.15, -0.1) is 0 Å². The van der Waals surface area contributed by atoms with Gasteiger partial charge in [0.1, 0.15) is 5.75 Å². The number of rotatable bonds is 3. The van der Waals surface area contributed by atoms with Crippen molar-refractivity contribution >= 4 is 0 Å². The molecule has 1 saturated heterocycles. The summed E-state index contributed by atoms with van der Waals surface area (Å²) in [6.07, 6.45) is 5.04. The quantitative estimate of drug-likeness (QED) is 0.776. The molecule has 16 heavy (non-hydrogen) atoms. The predicted octanol–water partition coefficient (Wildman–Crippen LogP) is 2.59. The van der Waals surface area contributed by atoms with E-state index in [1.165, 1.54) is 36.8 Å². The second-order valence-corrected chi connectivity index (χ2v) is 4.82. The smallest absolute Gasteiger partial charge is 0.122 e. The number of aryl methyl sites for hydroxylation is 1. The molecular weight excluding hydrogens is 200 g/mol. The molecule has 86 valence electrons. The SMILES string of the molecule is c1cc2c(c(OCC3COC3)c1)CCCC2. The number of hydrogen-bond acceptors (Lipinski definition) is 2. The minimum Gasteiger partial charge on any atom is -0.493 e. The van der Waals surface area contributed by atoms with Crippen molar-refractivity contribution in [3.8, 4) is 5.75 Å². The number of ether oxygens (including phenoxy) is 2. The van der Waals surface area contributed by atoms with Crippen molar-refractivity contribution in [2.75, 3.05) is 19.8 Å². The molecule has 1 aromatic rings. The lowest BCUT2D eigenvalue weighted by Crippen LogP contribution is -2.32. The van der Waals surface area contributed by atoms with Crippen molar-refractivity contribution in [2.24, 2.45) is 5.92 Å². The molecule has 1 aromatic carbocycles. The molecule has 0 saturated carbocycles. The third-order valence-corrected chi connectivity index (χ3v) is 3.53. The van der Waals surface area contributed by atoms with Crippen LogP contribution in [0.3, 0.4) is 0 Å². The summed E-state index contributed by atoms with van der Waals surface area (Å²) in [6, 6.07) is 6.48. The first kappa shape index (κ1) is 10.2. The summed E-state index contributed by atoms with van der Waals surface area (Å²) in [5.74, 6) is 1.73. The van der Waals surface area contributed by atoms with Crippen LogP contribution in [0, 0.1) is 5.92 Å². The molecule has 1 aliphatic carbocycles. The maximum Gasteiger partial charge on any atom is 0.122 e. The molecule has 2 nitrogen and oxygen atoms in total. The zero-order valence-electron chi connectivity index (χ0n) is 9.58. The van der Waals surface area contributed by atoms with E-state index in [2.05, 4.69) is 18.2 Å². The molecule has 1 heterocycles. The highest BCUT2D eigenvalue weighted by molar-refractivity contribution is 5.41. The number of hydrogen-bond donors (Lipinski definition) is 0. The van der Waals surface area contributed by atoms with Gasteiger partial charge in [-0.25, -0.2) is 0 Å². The van der Waals surface area contributed by atoms with Crippen LogP contribution >= 0.6 is 0 Å². The van der Waals surface area contributed by atoms with E-state index in [9.17, 15) is 0 Å². The largest absolute Gasteiger partial charge is 0.493 e. The molecule has 0 aromatic heterocycles. The topological polar surface area (TPSA) is 18.5 Å². The van der Waals surface area contributed by atoms with Crippen LogP contribution in [0.1, 0.15) is 24.0 Å². The minimum atomic E-state index is 0.611. The summed E-state index contributed by atoms with van der Waals surface area (Å²) in [5.41, 5.74) is 2.95. The Labute approximate surface area is 96.6 Å². The lowest BCUT2D eigenvalue weighted by atomic mass is 9.91. The van der Waals surface area contributed by atoms with Crippen LogP contribution in [0.25, 0.3) is 0 Å². The lowest BCUT2D eigenvalue weighted by Gasteiger charge is -2.27. The normalized spacial score (nSPS) is 20.0. The first-order valence-electron chi connectivity index (χ1n) is 6.25. The van der Waals surface area contributed by atoms with Gasteiger partial charge in [-0.2, -0.15) is 0 Å². The summed E-state index contributed by atoms with van der Waals surface area (Å²) >= 11 is 0. The summed E-state index contributed by atoms with van der Waals surface area (Å²) < 4.78 is 11.1. The van der Waals surface area contributed by atoms with E-state index < -0.39 is 0 Å². The van der Waals surface area contributed by atoms with Gasteiger partial charge < -0.3 is 9.47 Å². The van der Waals surface area contributed by atoms with Crippen LogP contribution in [0.2, 0.25) is 0 Å². The molecule has 0 spiro atoms. The first-order chi connectivity index (χ1) is 7.93. The highest BCUT2D eigenvalue weighted by Gasteiger charge is 2.20. The van der Waals surface area contributed by atoms with Crippen LogP contribution in [0.4, 0.5) is 0 Å². The van der Waals surface area contributed by atoms with E-state index in [1.54, 1.807) is 0 Å². The van der Waals surface area contributed by atoms with Crippen LogP contribution in [0.15, 0.2) is 18.2 Å². The van der Waals surface area contributed by atoms with Crippen molar-refractivity contribution in [3.63, 3.8) is 0 Å². The molecule has 0 amide bonds. The van der Waals surface area contributed by atoms with Gasteiger partial charge in [0.25, 0.3) is 0 Å². The van der Waals surface area contributed by atoms with Gasteiger partial charge in [0.05, 0.1) is 19.8 Å². The predicted molar refractivity (Wildman–Crippen MR) is 62.9 cm³/mol. The van der Waals surface area contributed by atoms with Gasteiger partial charge in [-0.3, -0.25) is 0 Å². The Morgan fingerprint density at radius 1 is 1.19 bits per heavy atom. The van der Waals surface area contributed by atoms with Gasteiger partial charge in [0.15, 0.2) is 0 Å². The fraction of sp³-hybridized carbons (Fsp3) is 0.571. The Morgan fingerprint density at radius 2 is 2.06 bits per heavy atom. The van der Waals surface area contributed by atoms with Gasteiger partial charge in [-0.05, 0) is 42.9 Å². The average Bonchev–Trinajstić information content (AvgIpc) is 2.27. The third-order valence-electron chi connectivity index (χ3n) is 3.53. The minimum absolute atomic E-state index is 0.611. The molecule has 2 heteroatoms. The van der Waals surface area contributed by atoms with E-state index in [-0.39, 0.29) is 0 Å². The Hall–Kier alpha value is -1.02. The standard InChI is InChI=1S/C14H18O2/c1-2-6-13-12(4-1)5-3-7-14(13)16-10-11-8-15-9-11/h3,5,7,11H,1-2,4,6,8-10H2. The van der Waals surface area contributed by atoms with Gasteiger partial charge in [0.2, 0.25) is 0 Å². The molecular formula is C14H18O2. The molecule has 1 aliphatic heterocycles. The number of fused-ring (bicyclic) bond motifs is 1. The monoisotopic (exact) mass is 218 g/mol. The fourth-order valence-electron chi connectivity index (χ4n) is 2.47. The first-order valence-corrected chi connectivity index (χ1v) is 6.25. The van der Waals surface area contributed by atoms with Crippen LogP contribution in [-0.2, 0) is 17.6 Å². The molecule has 2 aliphatic rings. The highest BCUT2D eigenvalue weighted by atomic mass is 16.5. The van der Waals surface area contributed by atoms with Gasteiger partial charge >= 0.3 is 0 Å². The molecule has 1 fully saturated rings. The molecule has 0 unspecified atom stereocenters. The second-order valence-electron chi connectivity index (χ2n) is 4.82. The van der Waals surface area contributed by atoms with Crippen molar-refractivity contribution in [3.05, 3.63) is 29.3 Å². The zero-order chi connectivity index (χ0) is 10.8. The maximum absolute atomic E-state index is 5.93. The summed E-state index contributed by atoms with van der Waals surface area (Å²) in [7, 11) is 0. The van der Waals surface area contributed by atoms with Crippen molar-refractivity contribution in [1.29, 1.82) is 0 Å². The van der Waals surface area contributed by atoms with Crippen molar-refractivity contribution in [1.82, 2.24) is 0 Å². The van der Waals surface area contributed by atoms with E-state index in [4.69, 9.17) is 9.47 Å². The Kier molecular flexibility index (Phi) is 2.83. The Balaban J connectivity index is 1.72. The van der Waals surface area contributed by atoms with Crippen molar-refractivity contribution < 1.29 is 9.47 Å². The summed E-state index contributed by atoms with van der Waals surface area (Å²) in [5, 5.41) is 0. The fourth-order valence-corrected chi connectivity index (χ4v) is 2.47. The average molecular weight is 218 g/mol. The molecule has 0 N–H and O–H groups in total. The maximum atomic E-state index is 5.93.